The van der Waals surface area contributed by atoms with Gasteiger partial charge in [0.15, 0.2) is 0 Å². The van der Waals surface area contributed by atoms with Crippen molar-refractivity contribution in [1.29, 1.82) is 0 Å². The molecule has 0 amide bonds. The van der Waals surface area contributed by atoms with Crippen molar-refractivity contribution >= 4 is 0 Å². The third-order valence-electron chi connectivity index (χ3n) is 5.26. The molecule has 0 radical (unpaired) electrons. The van der Waals surface area contributed by atoms with E-state index in [2.05, 4.69) is 43.3 Å². The molecule has 1 aromatic rings. The molecule has 152 valence electrons. The van der Waals surface area contributed by atoms with Gasteiger partial charge in [-0.15, -0.1) is 0 Å². The van der Waals surface area contributed by atoms with E-state index in [0.717, 1.165) is 18.8 Å². The maximum Gasteiger partial charge on any atom is 0.122 e. The van der Waals surface area contributed by atoms with Crippen molar-refractivity contribution in [1.82, 2.24) is 0 Å². The number of para-hydroxylation sites is 1. The van der Waals surface area contributed by atoms with Crippen molar-refractivity contribution < 1.29 is 9.47 Å². The van der Waals surface area contributed by atoms with Crippen molar-refractivity contribution in [2.24, 2.45) is 0 Å². The van der Waals surface area contributed by atoms with Gasteiger partial charge in [0.1, 0.15) is 18.5 Å². The molecule has 0 saturated carbocycles. The van der Waals surface area contributed by atoms with Gasteiger partial charge < -0.3 is 9.47 Å². The maximum absolute atomic E-state index is 5.90. The molecule has 1 aliphatic heterocycles. The predicted octanol–water partition coefficient (Wildman–Crippen LogP) is 7.26. The summed E-state index contributed by atoms with van der Waals surface area (Å²) in [7, 11) is 0. The lowest BCUT2D eigenvalue weighted by molar-refractivity contribution is 0.261. The van der Waals surface area contributed by atoms with Crippen LogP contribution in [0.5, 0.6) is 5.75 Å². The van der Waals surface area contributed by atoms with E-state index in [4.69, 9.17) is 9.47 Å². The van der Waals surface area contributed by atoms with Crippen LogP contribution in [-0.4, -0.2) is 19.3 Å². The number of benzene rings is 1. The van der Waals surface area contributed by atoms with Crippen LogP contribution in [0.25, 0.3) is 0 Å². The second kappa shape index (κ2) is 14.7. The Kier molecular flexibility index (Phi) is 12.0. The average molecular weight is 373 g/mol. The number of hydrogen-bond acceptors (Lipinski definition) is 2. The third kappa shape index (κ3) is 11.2. The number of epoxide rings is 1. The summed E-state index contributed by atoms with van der Waals surface area (Å²) >= 11 is 0. The molecule has 1 atom stereocenters. The summed E-state index contributed by atoms with van der Waals surface area (Å²) in [6.07, 6.45) is 22.3. The second-order valence-electron chi connectivity index (χ2n) is 7.85. The number of unbranched alkanes of at least 4 members (excludes halogenated alkanes) is 10. The van der Waals surface area contributed by atoms with Gasteiger partial charge in [-0.2, -0.15) is 0 Å². The van der Waals surface area contributed by atoms with Gasteiger partial charge in [0, 0.05) is 0 Å². The zero-order valence-corrected chi connectivity index (χ0v) is 17.5. The summed E-state index contributed by atoms with van der Waals surface area (Å²) in [4.78, 5) is 0. The van der Waals surface area contributed by atoms with Gasteiger partial charge in [-0.3, -0.25) is 0 Å². The molecule has 1 fully saturated rings. The van der Waals surface area contributed by atoms with Crippen LogP contribution >= 0.6 is 0 Å². The zero-order chi connectivity index (χ0) is 19.0. The molecule has 27 heavy (non-hydrogen) atoms. The fraction of sp³-hybridized carbons (Fsp3) is 0.680. The van der Waals surface area contributed by atoms with Crippen molar-refractivity contribution in [2.45, 2.75) is 96.5 Å². The molecule has 0 aromatic heterocycles. The summed E-state index contributed by atoms with van der Waals surface area (Å²) in [6.45, 7) is 3.82. The lowest BCUT2D eigenvalue weighted by Crippen LogP contribution is -2.05. The molecular weight excluding hydrogens is 332 g/mol. The highest BCUT2D eigenvalue weighted by molar-refractivity contribution is 5.33. The monoisotopic (exact) mass is 372 g/mol. The summed E-state index contributed by atoms with van der Waals surface area (Å²) in [6, 6.07) is 8.48. The van der Waals surface area contributed by atoms with E-state index >= 15 is 0 Å². The molecule has 2 rings (SSSR count). The van der Waals surface area contributed by atoms with Gasteiger partial charge in [0.05, 0.1) is 6.61 Å². The van der Waals surface area contributed by atoms with Gasteiger partial charge in [-0.1, -0.05) is 82.2 Å². The Hall–Kier alpha value is -1.28. The molecule has 2 heteroatoms. The number of allylic oxidation sites excluding steroid dienone is 2. The molecule has 0 N–H and O–H groups in total. The Balaban J connectivity index is 1.41. The fourth-order valence-corrected chi connectivity index (χ4v) is 3.41. The third-order valence-corrected chi connectivity index (χ3v) is 5.26. The van der Waals surface area contributed by atoms with E-state index in [1.54, 1.807) is 0 Å². The van der Waals surface area contributed by atoms with Crippen LogP contribution in [0.1, 0.15) is 89.5 Å². The van der Waals surface area contributed by atoms with Crippen LogP contribution in [0.3, 0.4) is 0 Å². The minimum Gasteiger partial charge on any atom is -0.491 e. The van der Waals surface area contributed by atoms with E-state index in [1.165, 1.54) is 82.6 Å². The lowest BCUT2D eigenvalue weighted by atomic mass is 10.0. The average Bonchev–Trinajstić information content (AvgIpc) is 3.52. The van der Waals surface area contributed by atoms with E-state index in [9.17, 15) is 0 Å². The zero-order valence-electron chi connectivity index (χ0n) is 17.5. The van der Waals surface area contributed by atoms with Crippen molar-refractivity contribution in [3.05, 3.63) is 42.0 Å². The number of aryl methyl sites for hydroxylation is 1. The Morgan fingerprint density at radius 2 is 1.52 bits per heavy atom. The van der Waals surface area contributed by atoms with E-state index < -0.39 is 0 Å². The highest BCUT2D eigenvalue weighted by Crippen LogP contribution is 2.22. The van der Waals surface area contributed by atoms with E-state index in [1.807, 2.05) is 0 Å². The van der Waals surface area contributed by atoms with Gasteiger partial charge in [0.25, 0.3) is 0 Å². The van der Waals surface area contributed by atoms with Crippen molar-refractivity contribution in [3.8, 4) is 5.75 Å². The second-order valence-corrected chi connectivity index (χ2v) is 7.85. The van der Waals surface area contributed by atoms with Crippen LogP contribution in [0.15, 0.2) is 36.4 Å². The first-order valence-electron chi connectivity index (χ1n) is 11.4. The minimum absolute atomic E-state index is 0.328. The summed E-state index contributed by atoms with van der Waals surface area (Å²) in [5.41, 5.74) is 1.35. The predicted molar refractivity (Wildman–Crippen MR) is 116 cm³/mol. The van der Waals surface area contributed by atoms with E-state index in [-0.39, 0.29) is 0 Å². The van der Waals surface area contributed by atoms with Crippen molar-refractivity contribution in [2.75, 3.05) is 13.2 Å². The minimum atomic E-state index is 0.328. The van der Waals surface area contributed by atoms with Crippen molar-refractivity contribution in [3.63, 3.8) is 0 Å². The molecule has 0 bridgehead atoms. The summed E-state index contributed by atoms with van der Waals surface area (Å²) < 4.78 is 11.1. The van der Waals surface area contributed by atoms with Gasteiger partial charge in [0.2, 0.25) is 0 Å². The van der Waals surface area contributed by atoms with Gasteiger partial charge >= 0.3 is 0 Å². The molecule has 0 aliphatic carbocycles. The Morgan fingerprint density at radius 3 is 2.22 bits per heavy atom. The summed E-state index contributed by atoms with van der Waals surface area (Å²) in [5.74, 6) is 1.05. The number of rotatable bonds is 17. The molecule has 1 aliphatic rings. The standard InChI is InChI=1S/C25H40O2/c1-2-3-4-5-6-7-8-9-10-11-12-13-14-15-18-23-19-16-17-20-25(23)27-22-24-21-26-24/h6-7,16-17,19-20,24H,2-5,8-15,18,21-22H2,1H3/b7-6+. The van der Waals surface area contributed by atoms with Crippen LogP contribution in [0.2, 0.25) is 0 Å². The fourth-order valence-electron chi connectivity index (χ4n) is 3.41. The first-order valence-corrected chi connectivity index (χ1v) is 11.4. The molecule has 2 nitrogen and oxygen atoms in total. The quantitative estimate of drug-likeness (QED) is 0.163. The number of ether oxygens (including phenoxy) is 2. The molecule has 1 heterocycles. The van der Waals surface area contributed by atoms with E-state index in [0.29, 0.717) is 12.7 Å². The highest BCUT2D eigenvalue weighted by atomic mass is 16.6. The maximum atomic E-state index is 5.90. The first kappa shape index (κ1) is 22.0. The Labute approximate surface area is 167 Å². The molecule has 1 unspecified atom stereocenters. The Bertz CT molecular complexity index is 505. The molecule has 1 aromatic carbocycles. The van der Waals surface area contributed by atoms with Crippen LogP contribution in [0.4, 0.5) is 0 Å². The smallest absolute Gasteiger partial charge is 0.122 e. The lowest BCUT2D eigenvalue weighted by Gasteiger charge is -2.10. The number of hydrogen-bond donors (Lipinski definition) is 0. The van der Waals surface area contributed by atoms with Gasteiger partial charge in [-0.25, -0.2) is 0 Å². The van der Waals surface area contributed by atoms with Crippen LogP contribution < -0.4 is 4.74 Å². The molecular formula is C25H40O2. The normalized spacial score (nSPS) is 16.1. The molecule has 1 saturated heterocycles. The first-order chi connectivity index (χ1) is 13.4. The van der Waals surface area contributed by atoms with Crippen LogP contribution in [-0.2, 0) is 11.2 Å². The van der Waals surface area contributed by atoms with Crippen LogP contribution in [0, 0.1) is 0 Å². The van der Waals surface area contributed by atoms with Gasteiger partial charge in [-0.05, 0) is 50.2 Å². The highest BCUT2D eigenvalue weighted by Gasteiger charge is 2.23. The molecule has 0 spiro atoms. The Morgan fingerprint density at radius 1 is 0.889 bits per heavy atom. The summed E-state index contributed by atoms with van der Waals surface area (Å²) in [5, 5.41) is 0. The topological polar surface area (TPSA) is 21.8 Å². The SMILES string of the molecule is CCCCC/C=C/CCCCCCCCCc1ccccc1OCC1CO1. The largest absolute Gasteiger partial charge is 0.491 e.